The molecule has 0 spiro atoms. The maximum absolute atomic E-state index is 12.6. The van der Waals surface area contributed by atoms with E-state index in [1.54, 1.807) is 11.8 Å². The minimum absolute atomic E-state index is 0.0849. The number of hydrogen-bond acceptors (Lipinski definition) is 8. The minimum Gasteiger partial charge on any atom is -0.481 e. The van der Waals surface area contributed by atoms with Crippen molar-refractivity contribution in [1.29, 1.82) is 0 Å². The van der Waals surface area contributed by atoms with Gasteiger partial charge in [0.1, 0.15) is 6.61 Å². The number of esters is 3. The highest BCUT2D eigenvalue weighted by Gasteiger charge is 2.68. The summed E-state index contributed by atoms with van der Waals surface area (Å²) < 4.78 is 16.7. The van der Waals surface area contributed by atoms with Gasteiger partial charge in [-0.05, 0) is 105 Å². The van der Waals surface area contributed by atoms with Gasteiger partial charge >= 0.3 is 23.9 Å². The van der Waals surface area contributed by atoms with Crippen molar-refractivity contribution < 1.29 is 38.5 Å². The van der Waals surface area contributed by atoms with Gasteiger partial charge in [0.25, 0.3) is 0 Å². The summed E-state index contributed by atoms with van der Waals surface area (Å²) in [7, 11) is 0. The molecule has 0 radical (unpaired) electrons. The molecule has 9 heteroatoms. The van der Waals surface area contributed by atoms with Crippen LogP contribution in [-0.4, -0.2) is 41.3 Å². The van der Waals surface area contributed by atoms with E-state index < -0.39 is 23.3 Å². The summed E-state index contributed by atoms with van der Waals surface area (Å²) in [5, 5.41) is 10.2. The maximum Gasteiger partial charge on any atom is 0.309 e. The zero-order valence-electron chi connectivity index (χ0n) is 29.6. The summed E-state index contributed by atoms with van der Waals surface area (Å²) >= 11 is 1.69. The average molecular weight is 669 g/mol. The highest BCUT2D eigenvalue weighted by molar-refractivity contribution is 7.99. The van der Waals surface area contributed by atoms with E-state index in [1.807, 2.05) is 19.9 Å². The zero-order valence-corrected chi connectivity index (χ0v) is 30.4. The fourth-order valence-corrected chi connectivity index (χ4v) is 11.6. The van der Waals surface area contributed by atoms with Crippen LogP contribution in [0.5, 0.6) is 11.5 Å². The Labute approximate surface area is 283 Å². The van der Waals surface area contributed by atoms with Crippen molar-refractivity contribution >= 4 is 35.6 Å². The van der Waals surface area contributed by atoms with E-state index in [9.17, 15) is 24.3 Å². The number of fused-ring (bicyclic) bond motifs is 7. The van der Waals surface area contributed by atoms with Crippen LogP contribution < -0.4 is 9.47 Å². The molecule has 258 valence electrons. The van der Waals surface area contributed by atoms with E-state index in [2.05, 4.69) is 33.8 Å². The molecule has 4 aliphatic rings. The number of rotatable bonds is 8. The first-order chi connectivity index (χ1) is 21.9. The van der Waals surface area contributed by atoms with Gasteiger partial charge in [-0.1, -0.05) is 39.3 Å². The van der Waals surface area contributed by atoms with Crippen molar-refractivity contribution in [3.63, 3.8) is 0 Å². The molecular weight excluding hydrogens is 616 g/mol. The third-order valence-electron chi connectivity index (χ3n) is 13.0. The highest BCUT2D eigenvalue weighted by Crippen LogP contribution is 2.76. The lowest BCUT2D eigenvalue weighted by atomic mass is 9.33. The molecule has 5 rings (SSSR count). The zero-order chi connectivity index (χ0) is 34.7. The van der Waals surface area contributed by atoms with Gasteiger partial charge in [-0.2, -0.15) is 0 Å². The topological polar surface area (TPSA) is 116 Å². The van der Waals surface area contributed by atoms with Crippen molar-refractivity contribution in [3.8, 4) is 11.5 Å². The highest BCUT2D eigenvalue weighted by atomic mass is 32.2. The number of hydrogen-bond donors (Lipinski definition) is 1. The molecule has 4 aliphatic carbocycles. The normalized spacial score (nSPS) is 35.6. The van der Waals surface area contributed by atoms with Crippen LogP contribution >= 0.6 is 11.8 Å². The Morgan fingerprint density at radius 2 is 1.57 bits per heavy atom. The van der Waals surface area contributed by atoms with Gasteiger partial charge in [0.15, 0.2) is 11.5 Å². The van der Waals surface area contributed by atoms with Crippen molar-refractivity contribution in [2.24, 2.45) is 27.6 Å². The van der Waals surface area contributed by atoms with Crippen LogP contribution in [0, 0.1) is 34.5 Å². The van der Waals surface area contributed by atoms with E-state index in [-0.39, 0.29) is 56.9 Å². The molecule has 1 aromatic rings. The van der Waals surface area contributed by atoms with Gasteiger partial charge in [-0.25, -0.2) is 0 Å². The first-order valence-electron chi connectivity index (χ1n) is 17.1. The summed E-state index contributed by atoms with van der Waals surface area (Å²) in [4.78, 5) is 48.8. The molecule has 0 aromatic heterocycles. The number of carbonyl (C=O) groups is 4. The van der Waals surface area contributed by atoms with Crippen molar-refractivity contribution in [1.82, 2.24) is 0 Å². The van der Waals surface area contributed by atoms with Crippen molar-refractivity contribution in [3.05, 3.63) is 34.4 Å². The molecule has 7 atom stereocenters. The summed E-state index contributed by atoms with van der Waals surface area (Å²) in [6, 6.07) is 1.92. The Morgan fingerprint density at radius 3 is 2.17 bits per heavy atom. The molecular formula is C38H52O8S. The third-order valence-corrected chi connectivity index (χ3v) is 14.2. The van der Waals surface area contributed by atoms with E-state index in [0.717, 1.165) is 55.2 Å². The largest absolute Gasteiger partial charge is 0.481 e. The molecule has 3 saturated carbocycles. The van der Waals surface area contributed by atoms with Gasteiger partial charge in [-0.15, -0.1) is 11.8 Å². The molecule has 47 heavy (non-hydrogen) atoms. The predicted octanol–water partition coefficient (Wildman–Crippen LogP) is 8.27. The van der Waals surface area contributed by atoms with Gasteiger partial charge in [0.05, 0.1) is 5.41 Å². The lowest BCUT2D eigenvalue weighted by Gasteiger charge is -2.71. The third kappa shape index (κ3) is 5.62. The Balaban J connectivity index is 1.71. The van der Waals surface area contributed by atoms with E-state index in [4.69, 9.17) is 14.2 Å². The fourth-order valence-electron chi connectivity index (χ4n) is 10.4. The lowest BCUT2D eigenvalue weighted by Crippen LogP contribution is -2.63. The van der Waals surface area contributed by atoms with Gasteiger partial charge in [0, 0.05) is 42.8 Å². The molecule has 0 heterocycles. The number of carbonyl (C=O) groups excluding carboxylic acids is 3. The minimum atomic E-state index is -0.739. The molecule has 1 unspecified atom stereocenters. The second-order valence-corrected chi connectivity index (χ2v) is 16.9. The second kappa shape index (κ2) is 12.3. The van der Waals surface area contributed by atoms with Crippen molar-refractivity contribution in [2.45, 2.75) is 124 Å². The van der Waals surface area contributed by atoms with Gasteiger partial charge < -0.3 is 19.3 Å². The predicted molar refractivity (Wildman–Crippen MR) is 182 cm³/mol. The van der Waals surface area contributed by atoms with Crippen LogP contribution in [0.3, 0.4) is 0 Å². The van der Waals surface area contributed by atoms with Gasteiger partial charge in [0.2, 0.25) is 0 Å². The van der Waals surface area contributed by atoms with E-state index >= 15 is 0 Å². The van der Waals surface area contributed by atoms with Gasteiger partial charge in [-0.3, -0.25) is 19.2 Å². The first-order valence-corrected chi connectivity index (χ1v) is 18.2. The number of ether oxygens (including phenoxy) is 3. The average Bonchev–Trinajstić information content (AvgIpc) is 2.98. The SMILES string of the molecule is CC[C@@]12CC[C@]3(C)C(=CC(SCCOC(C)=O)c4c3cc(OC(C)=O)c(OC(C)=O)c4C)[C@@]1(C)CC[C@@]1(C)CC[C@@](C)(C(=O)O)C[C@H]12. The Hall–Kier alpha value is -2.81. The quantitative estimate of drug-likeness (QED) is 0.126. The Kier molecular flexibility index (Phi) is 9.26. The molecule has 3 fully saturated rings. The molecule has 1 N–H and O–H groups in total. The second-order valence-electron chi connectivity index (χ2n) is 15.6. The maximum atomic E-state index is 12.6. The molecule has 1 aromatic carbocycles. The smallest absolute Gasteiger partial charge is 0.309 e. The number of carboxylic acids is 1. The molecule has 0 bridgehead atoms. The Bertz CT molecular complexity index is 1530. The first kappa shape index (κ1) is 35.5. The summed E-state index contributed by atoms with van der Waals surface area (Å²) in [6.07, 6.45) is 9.60. The fraction of sp³-hybridized carbons (Fsp3) is 0.684. The van der Waals surface area contributed by atoms with Crippen LogP contribution in [0.15, 0.2) is 17.7 Å². The number of thioether (sulfide) groups is 1. The van der Waals surface area contributed by atoms with Crippen LogP contribution in [0.25, 0.3) is 0 Å². The molecule has 0 saturated heterocycles. The number of aliphatic carboxylic acids is 1. The number of allylic oxidation sites excluding steroid dienone is 1. The monoisotopic (exact) mass is 668 g/mol. The number of carboxylic acid groups (broad SMARTS) is 1. The molecule has 8 nitrogen and oxygen atoms in total. The summed E-state index contributed by atoms with van der Waals surface area (Å²) in [5.74, 6) is -0.662. The Morgan fingerprint density at radius 1 is 0.915 bits per heavy atom. The van der Waals surface area contributed by atoms with Crippen molar-refractivity contribution in [2.75, 3.05) is 12.4 Å². The van der Waals surface area contributed by atoms with E-state index in [0.29, 0.717) is 18.6 Å². The van der Waals surface area contributed by atoms with Crippen LogP contribution in [0.4, 0.5) is 0 Å². The standard InChI is InChI=1S/C38H52O8S/c1-10-38-16-14-36(8)26-19-27(45-24(4)40)32(46-25(5)41)22(2)31(26)28(47-18-17-44-23(3)39)20-29(36)37(38,9)15-13-34(6)11-12-35(7,33(42)43)21-30(34)38/h19-20,28,30H,10-18,21H2,1-9H3,(H,42,43)/t28?,30-,34-,35-,36+,37-,38+/m1/s1. The lowest BCUT2D eigenvalue weighted by molar-refractivity contribution is -0.183. The molecule has 0 aliphatic heterocycles. The summed E-state index contributed by atoms with van der Waals surface area (Å²) in [5.41, 5.74) is 2.91. The number of benzene rings is 1. The molecule has 0 amide bonds. The van der Waals surface area contributed by atoms with Crippen LogP contribution in [0.1, 0.15) is 129 Å². The summed E-state index contributed by atoms with van der Waals surface area (Å²) in [6.45, 7) is 17.7. The van der Waals surface area contributed by atoms with Crippen LogP contribution in [-0.2, 0) is 29.3 Å². The van der Waals surface area contributed by atoms with Crippen LogP contribution in [0.2, 0.25) is 0 Å². The van der Waals surface area contributed by atoms with E-state index in [1.165, 1.54) is 26.3 Å².